The highest BCUT2D eigenvalue weighted by Crippen LogP contribution is 2.47. The van der Waals surface area contributed by atoms with Crippen LogP contribution in [0.2, 0.25) is 0 Å². The summed E-state index contributed by atoms with van der Waals surface area (Å²) in [5, 5.41) is 5.74. The van der Waals surface area contributed by atoms with Crippen molar-refractivity contribution in [2.75, 3.05) is 17.7 Å². The Labute approximate surface area is 254 Å². The van der Waals surface area contributed by atoms with Gasteiger partial charge in [-0.15, -0.1) is 0 Å². The number of pyridine rings is 1. The molecule has 1 aliphatic rings. The van der Waals surface area contributed by atoms with E-state index >= 15 is 4.39 Å². The number of hydrogen-bond donors (Lipinski definition) is 2. The Morgan fingerprint density at radius 1 is 0.800 bits per heavy atom. The van der Waals surface area contributed by atoms with Crippen molar-refractivity contribution in [3.63, 3.8) is 0 Å². The highest BCUT2D eigenvalue weighted by molar-refractivity contribution is 6.16. The van der Waals surface area contributed by atoms with E-state index in [1.54, 1.807) is 18.2 Å². The number of hydrogen-bond acceptors (Lipinski definition) is 8. The average molecular weight is 616 g/mol. The van der Waals surface area contributed by atoms with Crippen LogP contribution in [0.15, 0.2) is 79.3 Å². The van der Waals surface area contributed by atoms with Gasteiger partial charge in [0.2, 0.25) is 11.8 Å². The molecule has 13 heteroatoms. The number of rotatable bonds is 10. The number of benzene rings is 3. The van der Waals surface area contributed by atoms with Crippen LogP contribution in [0.5, 0.6) is 23.0 Å². The molecule has 2 heterocycles. The summed E-state index contributed by atoms with van der Waals surface area (Å²) < 4.78 is 58.6. The second kappa shape index (κ2) is 12.1. The minimum absolute atomic E-state index is 0.0481. The molecule has 228 valence electrons. The zero-order chi connectivity index (χ0) is 31.6. The molecule has 0 atom stereocenters. The third-order valence-electron chi connectivity index (χ3n) is 7.19. The molecule has 0 unspecified atom stereocenters. The summed E-state index contributed by atoms with van der Waals surface area (Å²) in [6.07, 6.45) is 3.90. The number of carbonyl (C=O) groups excluding carboxylic acids is 2. The normalized spacial score (nSPS) is 13.2. The van der Waals surface area contributed by atoms with E-state index in [4.69, 9.17) is 14.2 Å². The fourth-order valence-corrected chi connectivity index (χ4v) is 4.56. The van der Waals surface area contributed by atoms with Crippen LogP contribution in [0.25, 0.3) is 10.9 Å². The maximum absolute atomic E-state index is 15.2. The molecule has 0 spiro atoms. The first-order chi connectivity index (χ1) is 21.7. The molecule has 0 saturated heterocycles. The van der Waals surface area contributed by atoms with Gasteiger partial charge in [0.15, 0.2) is 23.1 Å². The molecule has 0 radical (unpaired) electrons. The lowest BCUT2D eigenvalue weighted by Gasteiger charge is -2.16. The van der Waals surface area contributed by atoms with E-state index in [0.29, 0.717) is 46.5 Å². The number of nitrogens with zero attached hydrogens (tertiary/aromatic N) is 3. The summed E-state index contributed by atoms with van der Waals surface area (Å²) in [4.78, 5) is 37.2. The minimum atomic E-state index is -1.30. The molecule has 2 N–H and O–H groups in total. The van der Waals surface area contributed by atoms with Crippen LogP contribution in [0.1, 0.15) is 18.4 Å². The van der Waals surface area contributed by atoms with Crippen LogP contribution < -0.4 is 24.8 Å². The largest absolute Gasteiger partial charge is 0.493 e. The number of carbonyl (C=O) groups is 2. The summed E-state index contributed by atoms with van der Waals surface area (Å²) in [6.45, 7) is 0.0481. The Morgan fingerprint density at radius 2 is 1.49 bits per heavy atom. The van der Waals surface area contributed by atoms with Crippen LogP contribution in [0, 0.1) is 23.1 Å². The van der Waals surface area contributed by atoms with E-state index in [0.717, 1.165) is 6.07 Å². The Bertz CT molecular complexity index is 1900. The molecule has 0 aliphatic heterocycles. The lowest BCUT2D eigenvalue weighted by molar-refractivity contribution is -0.131. The summed E-state index contributed by atoms with van der Waals surface area (Å²) in [5.74, 6) is -1.45. The van der Waals surface area contributed by atoms with Gasteiger partial charge in [0, 0.05) is 53.0 Å². The van der Waals surface area contributed by atoms with Gasteiger partial charge in [-0.2, -0.15) is 4.39 Å². The number of aromatic nitrogens is 3. The maximum atomic E-state index is 15.2. The molecule has 6 rings (SSSR count). The second-order valence-corrected chi connectivity index (χ2v) is 10.2. The summed E-state index contributed by atoms with van der Waals surface area (Å²) in [6, 6.07) is 13.9. The Hall–Kier alpha value is -5.72. The van der Waals surface area contributed by atoms with Crippen molar-refractivity contribution in [3.05, 3.63) is 103 Å². The maximum Gasteiger partial charge on any atom is 0.308 e. The molecule has 1 saturated carbocycles. The SMILES string of the molecule is COc1cc2c(Oc3ccc(NC(=O)C4(C(=O)Nc5ccc(F)cc5)CC4)cc3F)ccnc2cc1OCc1cnc(F)nc1. The van der Waals surface area contributed by atoms with Gasteiger partial charge in [-0.05, 0) is 61.4 Å². The van der Waals surface area contributed by atoms with Crippen molar-refractivity contribution in [1.29, 1.82) is 0 Å². The average Bonchev–Trinajstić information content (AvgIpc) is 3.85. The first kappa shape index (κ1) is 29.4. The number of amides is 2. The third kappa shape index (κ3) is 6.32. The standard InChI is InChI=1S/C32H24F3N5O5/c1-43-27-13-22-24(14-28(27)44-17-18-15-37-31(35)38-16-18)36-11-8-25(22)45-26-7-6-21(12-23(26)34)40-30(42)32(9-10-32)29(41)39-20-4-2-19(33)3-5-20/h2-8,11-16H,9-10,17H2,1H3,(H,39,41)(H,40,42). The number of halogens is 3. The minimum Gasteiger partial charge on any atom is -0.493 e. The van der Waals surface area contributed by atoms with Crippen molar-refractivity contribution in [1.82, 2.24) is 15.0 Å². The van der Waals surface area contributed by atoms with E-state index in [1.165, 1.54) is 62.1 Å². The molecule has 2 amide bonds. The fraction of sp³-hybridized carbons (Fsp3) is 0.156. The van der Waals surface area contributed by atoms with Gasteiger partial charge < -0.3 is 24.8 Å². The van der Waals surface area contributed by atoms with E-state index in [1.807, 2.05) is 0 Å². The number of methoxy groups -OCH3 is 1. The summed E-state index contributed by atoms with van der Waals surface area (Å²) in [5.41, 5.74) is 0.207. The van der Waals surface area contributed by atoms with Crippen LogP contribution in [0.4, 0.5) is 24.5 Å². The zero-order valence-electron chi connectivity index (χ0n) is 23.6. The molecule has 5 aromatic rings. The first-order valence-corrected chi connectivity index (χ1v) is 13.7. The Balaban J connectivity index is 1.15. The lowest BCUT2D eigenvalue weighted by Crippen LogP contribution is -2.35. The number of ether oxygens (including phenoxy) is 3. The smallest absolute Gasteiger partial charge is 0.308 e. The second-order valence-electron chi connectivity index (χ2n) is 10.2. The van der Waals surface area contributed by atoms with Crippen molar-refractivity contribution in [3.8, 4) is 23.0 Å². The molecule has 1 fully saturated rings. The van der Waals surface area contributed by atoms with Gasteiger partial charge in [0.1, 0.15) is 23.6 Å². The van der Waals surface area contributed by atoms with Gasteiger partial charge in [-0.1, -0.05) is 0 Å². The van der Waals surface area contributed by atoms with Gasteiger partial charge in [-0.3, -0.25) is 14.6 Å². The molecule has 3 aromatic carbocycles. The molecular formula is C32H24F3N5O5. The van der Waals surface area contributed by atoms with Gasteiger partial charge >= 0.3 is 6.08 Å². The fourth-order valence-electron chi connectivity index (χ4n) is 4.56. The topological polar surface area (TPSA) is 125 Å². The van der Waals surface area contributed by atoms with Crippen molar-refractivity contribution in [2.24, 2.45) is 5.41 Å². The highest BCUT2D eigenvalue weighted by Gasteiger charge is 2.56. The van der Waals surface area contributed by atoms with Crippen LogP contribution in [0.3, 0.4) is 0 Å². The number of anilines is 2. The zero-order valence-corrected chi connectivity index (χ0v) is 23.6. The predicted molar refractivity (Wildman–Crippen MR) is 156 cm³/mol. The van der Waals surface area contributed by atoms with Crippen molar-refractivity contribution in [2.45, 2.75) is 19.4 Å². The van der Waals surface area contributed by atoms with Crippen molar-refractivity contribution >= 4 is 34.1 Å². The van der Waals surface area contributed by atoms with Crippen LogP contribution >= 0.6 is 0 Å². The summed E-state index contributed by atoms with van der Waals surface area (Å²) in [7, 11) is 1.46. The summed E-state index contributed by atoms with van der Waals surface area (Å²) >= 11 is 0. The van der Waals surface area contributed by atoms with Gasteiger partial charge in [-0.25, -0.2) is 18.7 Å². The predicted octanol–water partition coefficient (Wildman–Crippen LogP) is 6.18. The molecule has 0 bridgehead atoms. The van der Waals surface area contributed by atoms with Gasteiger partial charge in [0.05, 0.1) is 12.6 Å². The molecule has 45 heavy (non-hydrogen) atoms. The van der Waals surface area contributed by atoms with Crippen LogP contribution in [-0.2, 0) is 16.2 Å². The van der Waals surface area contributed by atoms with Crippen LogP contribution in [-0.4, -0.2) is 33.9 Å². The van der Waals surface area contributed by atoms with Gasteiger partial charge in [0.25, 0.3) is 0 Å². The van der Waals surface area contributed by atoms with Crippen molar-refractivity contribution < 1.29 is 37.0 Å². The first-order valence-electron chi connectivity index (χ1n) is 13.7. The van der Waals surface area contributed by atoms with E-state index in [2.05, 4.69) is 25.6 Å². The number of nitrogens with one attached hydrogen (secondary N) is 2. The number of fused-ring (bicyclic) bond motifs is 1. The van der Waals surface area contributed by atoms with E-state index in [-0.39, 0.29) is 23.8 Å². The van der Waals surface area contributed by atoms with E-state index < -0.39 is 34.9 Å². The monoisotopic (exact) mass is 615 g/mol. The lowest BCUT2D eigenvalue weighted by atomic mass is 10.0. The highest BCUT2D eigenvalue weighted by atomic mass is 19.1. The third-order valence-corrected chi connectivity index (χ3v) is 7.19. The Morgan fingerprint density at radius 3 is 2.16 bits per heavy atom. The molecule has 10 nitrogen and oxygen atoms in total. The molecule has 2 aromatic heterocycles. The Kier molecular flexibility index (Phi) is 7.90. The quantitative estimate of drug-likeness (QED) is 0.141. The molecular weight excluding hydrogens is 591 g/mol. The molecule has 1 aliphatic carbocycles. The van der Waals surface area contributed by atoms with E-state index in [9.17, 15) is 18.4 Å².